The lowest BCUT2D eigenvalue weighted by Crippen LogP contribution is -2.34. The fraction of sp³-hybridized carbons (Fsp3) is 0.333. The second kappa shape index (κ2) is 5.68. The molecule has 0 saturated heterocycles. The Kier molecular flexibility index (Phi) is 4.67. The summed E-state index contributed by atoms with van der Waals surface area (Å²) in [5.41, 5.74) is -1.12. The van der Waals surface area contributed by atoms with E-state index in [1.807, 2.05) is 0 Å². The third kappa shape index (κ3) is 5.37. The number of benzene rings is 1. The second-order valence-corrected chi connectivity index (χ2v) is 3.49. The van der Waals surface area contributed by atoms with Crippen molar-refractivity contribution in [2.75, 3.05) is 13.4 Å². The molecule has 1 rings (SSSR count). The maximum atomic E-state index is 13.1. The molecule has 0 aliphatic carbocycles. The van der Waals surface area contributed by atoms with Gasteiger partial charge in [-0.25, -0.2) is 4.39 Å². The molecular weight excluding hydrogens is 284 g/mol. The molecule has 2 nitrogen and oxygen atoms in total. The summed E-state index contributed by atoms with van der Waals surface area (Å²) in [5.74, 6) is -1.95. The van der Waals surface area contributed by atoms with Crippen molar-refractivity contribution in [3.63, 3.8) is 0 Å². The highest BCUT2D eigenvalue weighted by molar-refractivity contribution is 6.73. The molecule has 0 amide bonds. The lowest BCUT2D eigenvalue weighted by molar-refractivity contribution is -0.187. The fourth-order valence-electron chi connectivity index (χ4n) is 1.10. The van der Waals surface area contributed by atoms with Gasteiger partial charge in [-0.1, -0.05) is 6.07 Å². The number of halogens is 7. The molecule has 0 atom stereocenters. The van der Waals surface area contributed by atoms with Crippen LogP contribution in [0.4, 0.5) is 30.5 Å². The van der Waals surface area contributed by atoms with Crippen molar-refractivity contribution in [1.82, 2.24) is 0 Å². The average Bonchev–Trinajstić information content (AvgIpc) is 2.23. The number of rotatable bonds is 5. The Balaban J connectivity index is 2.63. The quantitative estimate of drug-likeness (QED) is 0.359. The summed E-state index contributed by atoms with van der Waals surface area (Å²) in [6.45, 7) is -8.00. The Morgan fingerprint density at radius 3 is 2.26 bits per heavy atom. The molecule has 0 fully saturated rings. The van der Waals surface area contributed by atoms with Crippen LogP contribution in [0.3, 0.4) is 0 Å². The average molecular weight is 291 g/mol. The maximum absolute atomic E-state index is 13.1. The van der Waals surface area contributed by atoms with Gasteiger partial charge in [-0.3, -0.25) is 0 Å². The van der Waals surface area contributed by atoms with Crippen LogP contribution in [0.2, 0.25) is 0 Å². The molecule has 0 spiro atoms. The topological polar surface area (TPSA) is 18.5 Å². The van der Waals surface area contributed by atoms with Gasteiger partial charge in [-0.2, -0.15) is 13.2 Å². The summed E-state index contributed by atoms with van der Waals surface area (Å²) >= 11 is 0. The Labute approximate surface area is 103 Å². The van der Waals surface area contributed by atoms with Crippen LogP contribution < -0.4 is 10.2 Å². The highest BCUT2D eigenvalue weighted by Crippen LogP contribution is 2.19. The Morgan fingerprint density at radius 2 is 1.74 bits per heavy atom. The summed E-state index contributed by atoms with van der Waals surface area (Å²) < 4.78 is 93.5. The predicted molar refractivity (Wildman–Crippen MR) is 52.6 cm³/mol. The number of ether oxygens (including phenoxy) is 2. The lowest BCUT2D eigenvalue weighted by Gasteiger charge is -2.16. The monoisotopic (exact) mass is 291 g/mol. The van der Waals surface area contributed by atoms with Gasteiger partial charge in [-0.15, -0.1) is 5.46 Å². The molecule has 0 N–H and O–H groups in total. The molecule has 0 unspecified atom stereocenters. The van der Waals surface area contributed by atoms with Crippen molar-refractivity contribution >= 4 is 12.4 Å². The first-order chi connectivity index (χ1) is 8.59. The van der Waals surface area contributed by atoms with Crippen LogP contribution in [-0.4, -0.2) is 26.6 Å². The van der Waals surface area contributed by atoms with E-state index in [-0.39, 0.29) is 0 Å². The van der Waals surface area contributed by atoms with E-state index in [1.165, 1.54) is 0 Å². The second-order valence-electron chi connectivity index (χ2n) is 3.49. The zero-order valence-electron chi connectivity index (χ0n) is 9.19. The van der Waals surface area contributed by atoms with Crippen LogP contribution in [0.1, 0.15) is 0 Å². The van der Waals surface area contributed by atoms with E-state index in [1.54, 1.807) is 0 Å². The van der Waals surface area contributed by atoms with Gasteiger partial charge in [0.1, 0.15) is 6.61 Å². The largest absolute Gasteiger partial charge is 0.509 e. The molecule has 1 aromatic carbocycles. The van der Waals surface area contributed by atoms with Crippen molar-refractivity contribution < 1.29 is 40.0 Å². The lowest BCUT2D eigenvalue weighted by atomic mass is 9.80. The third-order valence-electron chi connectivity index (χ3n) is 1.90. The fourth-order valence-corrected chi connectivity index (χ4v) is 1.10. The van der Waals surface area contributed by atoms with Gasteiger partial charge < -0.3 is 22.4 Å². The van der Waals surface area contributed by atoms with Gasteiger partial charge in [0.05, 0.1) is 0 Å². The van der Waals surface area contributed by atoms with Crippen molar-refractivity contribution in [3.05, 3.63) is 24.0 Å². The van der Waals surface area contributed by atoms with Gasteiger partial charge in [0.2, 0.25) is 0 Å². The summed E-state index contributed by atoms with van der Waals surface area (Å²) in [6, 6.07) is 1.40. The molecule has 108 valence electrons. The molecule has 0 radical (unpaired) electrons. The van der Waals surface area contributed by atoms with Crippen LogP contribution in [-0.2, 0) is 4.74 Å². The molecule has 0 aliphatic heterocycles. The van der Waals surface area contributed by atoms with E-state index in [4.69, 9.17) is 0 Å². The summed E-state index contributed by atoms with van der Waals surface area (Å²) in [7, 11) is 0. The minimum Gasteiger partial charge on any atom is -0.465 e. The highest BCUT2D eigenvalue weighted by Gasteiger charge is 2.28. The van der Waals surface area contributed by atoms with E-state index in [0.29, 0.717) is 18.2 Å². The van der Waals surface area contributed by atoms with Gasteiger partial charge >= 0.3 is 13.2 Å². The molecule has 0 heterocycles. The van der Waals surface area contributed by atoms with E-state index < -0.39 is 43.6 Å². The summed E-state index contributed by atoms with van der Waals surface area (Å²) in [6.07, 6.45) is -4.60. The van der Waals surface area contributed by atoms with Gasteiger partial charge in [0.15, 0.2) is 18.4 Å². The van der Waals surface area contributed by atoms with E-state index in [9.17, 15) is 30.5 Å². The molecule has 0 saturated carbocycles. The maximum Gasteiger partial charge on any atom is 0.509 e. The molecule has 0 bridgehead atoms. The first kappa shape index (κ1) is 15.6. The van der Waals surface area contributed by atoms with Crippen LogP contribution in [0, 0.1) is 5.82 Å². The van der Waals surface area contributed by atoms with Crippen LogP contribution in [0.15, 0.2) is 18.2 Å². The molecular formula is C9H7BF7O2-. The number of hydrogen-bond acceptors (Lipinski definition) is 2. The van der Waals surface area contributed by atoms with E-state index in [0.717, 1.165) is 0 Å². The number of alkyl halides is 3. The first-order valence-corrected chi connectivity index (χ1v) is 4.86. The normalized spacial score (nSPS) is 12.6. The Hall–Kier alpha value is -1.45. The van der Waals surface area contributed by atoms with E-state index >= 15 is 0 Å². The van der Waals surface area contributed by atoms with Gasteiger partial charge in [0.25, 0.3) is 0 Å². The molecule has 10 heteroatoms. The van der Waals surface area contributed by atoms with Crippen LogP contribution >= 0.6 is 0 Å². The number of hydrogen-bond donors (Lipinski definition) is 0. The Bertz CT molecular complexity index is 430. The standard InChI is InChI=1S/C9H7BF7O2/c11-7-2-1-6(10(15,16)17)3-8(7)19-5-18-4-9(12,13)14/h1-3H,4-5H2/q-1. The van der Waals surface area contributed by atoms with E-state index in [2.05, 4.69) is 9.47 Å². The van der Waals surface area contributed by atoms with Gasteiger partial charge in [-0.05, 0) is 12.1 Å². The summed E-state index contributed by atoms with van der Waals surface area (Å²) in [4.78, 5) is 0. The van der Waals surface area contributed by atoms with Crippen molar-refractivity contribution in [3.8, 4) is 5.75 Å². The minimum absolute atomic E-state index is 0.367. The first-order valence-electron chi connectivity index (χ1n) is 4.86. The van der Waals surface area contributed by atoms with Crippen LogP contribution in [0.5, 0.6) is 5.75 Å². The Morgan fingerprint density at radius 1 is 1.11 bits per heavy atom. The van der Waals surface area contributed by atoms with Crippen molar-refractivity contribution in [2.45, 2.75) is 6.18 Å². The SMILES string of the molecule is Fc1ccc([B-](F)(F)F)cc1OCOCC(F)(F)F. The minimum atomic E-state index is -5.35. The highest BCUT2D eigenvalue weighted by atomic mass is 19.4. The molecule has 0 aromatic heterocycles. The van der Waals surface area contributed by atoms with Gasteiger partial charge in [0, 0.05) is 0 Å². The van der Waals surface area contributed by atoms with Crippen molar-refractivity contribution in [1.29, 1.82) is 0 Å². The van der Waals surface area contributed by atoms with Crippen molar-refractivity contribution in [2.24, 2.45) is 0 Å². The zero-order valence-corrected chi connectivity index (χ0v) is 9.19. The molecule has 19 heavy (non-hydrogen) atoms. The zero-order chi connectivity index (χ0) is 14.7. The molecule has 0 aliphatic rings. The smallest absolute Gasteiger partial charge is 0.465 e. The molecule has 1 aromatic rings. The van der Waals surface area contributed by atoms with Crippen LogP contribution in [0.25, 0.3) is 0 Å². The third-order valence-corrected chi connectivity index (χ3v) is 1.90. The summed E-state index contributed by atoms with van der Waals surface area (Å²) in [5, 5.41) is 0. The predicted octanol–water partition coefficient (Wildman–Crippen LogP) is 2.80.